The first-order valence-electron chi connectivity index (χ1n) is 7.13. The predicted octanol–water partition coefficient (Wildman–Crippen LogP) is 2.71. The Balaban J connectivity index is 0.00000242. The molecule has 0 unspecified atom stereocenters. The fourth-order valence-corrected chi connectivity index (χ4v) is 2.61. The highest BCUT2D eigenvalue weighted by Crippen LogP contribution is 2.21. The predicted molar refractivity (Wildman–Crippen MR) is 99.7 cm³/mol. The molecule has 0 radical (unpaired) electrons. The van der Waals surface area contributed by atoms with Crippen LogP contribution in [0.3, 0.4) is 0 Å². The van der Waals surface area contributed by atoms with Crippen LogP contribution in [0.5, 0.6) is 0 Å². The fourth-order valence-electron chi connectivity index (χ4n) is 1.81. The van der Waals surface area contributed by atoms with Gasteiger partial charge in [0.15, 0.2) is 0 Å². The summed E-state index contributed by atoms with van der Waals surface area (Å²) in [4.78, 5) is 20.5. The van der Waals surface area contributed by atoms with Crippen LogP contribution in [0.15, 0.2) is 29.8 Å². The zero-order chi connectivity index (χ0) is 14.9. The number of nitrogens with one attached hydrogen (secondary N) is 2. The molecule has 23 heavy (non-hydrogen) atoms. The van der Waals surface area contributed by atoms with Crippen LogP contribution in [-0.4, -0.2) is 35.5 Å². The van der Waals surface area contributed by atoms with Gasteiger partial charge in [-0.05, 0) is 25.1 Å². The number of pyridine rings is 1. The second kappa shape index (κ2) is 12.2. The largest absolute Gasteiger partial charge is 0.354 e. The quantitative estimate of drug-likeness (QED) is 0.695. The Bertz CT molecular complexity index is 566. The lowest BCUT2D eigenvalue weighted by atomic mass is 10.3. The number of nitrogens with zero attached hydrogens (tertiary/aromatic N) is 2. The van der Waals surface area contributed by atoms with Gasteiger partial charge in [0.1, 0.15) is 5.01 Å². The van der Waals surface area contributed by atoms with Gasteiger partial charge in [0.25, 0.3) is 0 Å². The molecule has 0 atom stereocenters. The third-order valence-electron chi connectivity index (χ3n) is 2.83. The lowest BCUT2D eigenvalue weighted by molar-refractivity contribution is -0.120. The average molecular weight is 377 g/mol. The number of rotatable bonds is 8. The van der Waals surface area contributed by atoms with E-state index in [0.29, 0.717) is 13.0 Å². The fraction of sp³-hybridized carbons (Fsp3) is 0.400. The van der Waals surface area contributed by atoms with Gasteiger partial charge in [-0.2, -0.15) is 0 Å². The van der Waals surface area contributed by atoms with Crippen LogP contribution in [-0.2, 0) is 11.2 Å². The van der Waals surface area contributed by atoms with E-state index in [1.165, 1.54) is 11.3 Å². The Hall–Kier alpha value is -1.21. The van der Waals surface area contributed by atoms with Gasteiger partial charge in [0.2, 0.25) is 5.91 Å². The molecule has 128 valence electrons. The van der Waals surface area contributed by atoms with Crippen molar-refractivity contribution >= 4 is 42.1 Å². The smallest absolute Gasteiger partial charge is 0.226 e. The Morgan fingerprint density at radius 3 is 2.74 bits per heavy atom. The van der Waals surface area contributed by atoms with E-state index < -0.39 is 0 Å². The highest BCUT2D eigenvalue weighted by Gasteiger charge is 2.09. The third-order valence-corrected chi connectivity index (χ3v) is 3.74. The third kappa shape index (κ3) is 7.74. The number of carbonyl (C=O) groups is 1. The van der Waals surface area contributed by atoms with Crippen LogP contribution in [0.4, 0.5) is 0 Å². The van der Waals surface area contributed by atoms with Crippen molar-refractivity contribution in [2.75, 3.05) is 19.6 Å². The highest BCUT2D eigenvalue weighted by molar-refractivity contribution is 7.13. The lowest BCUT2D eigenvalue weighted by Gasteiger charge is -2.04. The molecular weight excluding hydrogens is 355 g/mol. The molecule has 0 fully saturated rings. The number of halogens is 2. The van der Waals surface area contributed by atoms with Gasteiger partial charge in [0, 0.05) is 24.7 Å². The van der Waals surface area contributed by atoms with Gasteiger partial charge in [0.05, 0.1) is 17.8 Å². The standard InChI is InChI=1S/C15H20N4OS.2ClH/c1-2-6-16-8-9-18-14(20)10-12-11-21-15(19-12)13-5-3-4-7-17-13;;/h3-5,7,11,16H,2,6,8-10H2,1H3,(H,18,20);2*1H. The Morgan fingerprint density at radius 1 is 1.22 bits per heavy atom. The summed E-state index contributed by atoms with van der Waals surface area (Å²) in [6.45, 7) is 4.55. The van der Waals surface area contributed by atoms with Crippen molar-refractivity contribution in [2.24, 2.45) is 0 Å². The summed E-state index contributed by atoms with van der Waals surface area (Å²) in [5, 5.41) is 8.90. The topological polar surface area (TPSA) is 66.9 Å². The van der Waals surface area contributed by atoms with Gasteiger partial charge in [-0.15, -0.1) is 36.2 Å². The van der Waals surface area contributed by atoms with Crippen molar-refractivity contribution in [3.8, 4) is 10.7 Å². The molecule has 0 spiro atoms. The summed E-state index contributed by atoms with van der Waals surface area (Å²) >= 11 is 1.51. The zero-order valence-corrected chi connectivity index (χ0v) is 15.4. The second-order valence-corrected chi connectivity index (χ2v) is 5.49. The second-order valence-electron chi connectivity index (χ2n) is 4.64. The van der Waals surface area contributed by atoms with Gasteiger partial charge in [-0.25, -0.2) is 4.98 Å². The minimum atomic E-state index is 0. The molecule has 2 rings (SSSR count). The number of carbonyl (C=O) groups excluding carboxylic acids is 1. The summed E-state index contributed by atoms with van der Waals surface area (Å²) < 4.78 is 0. The SMILES string of the molecule is CCCNCCNC(=O)Cc1csc(-c2ccccn2)n1.Cl.Cl. The van der Waals surface area contributed by atoms with Crippen molar-refractivity contribution < 1.29 is 4.79 Å². The first-order chi connectivity index (χ1) is 10.3. The molecule has 5 nitrogen and oxygen atoms in total. The molecule has 0 saturated carbocycles. The molecule has 1 amide bonds. The first kappa shape index (κ1) is 21.8. The maximum Gasteiger partial charge on any atom is 0.226 e. The first-order valence-corrected chi connectivity index (χ1v) is 8.00. The minimum absolute atomic E-state index is 0. The van der Waals surface area contributed by atoms with Crippen LogP contribution >= 0.6 is 36.2 Å². The van der Waals surface area contributed by atoms with Crippen molar-refractivity contribution in [2.45, 2.75) is 19.8 Å². The van der Waals surface area contributed by atoms with E-state index in [9.17, 15) is 4.79 Å². The van der Waals surface area contributed by atoms with Crippen LogP contribution in [0, 0.1) is 0 Å². The van der Waals surface area contributed by atoms with Crippen LogP contribution in [0.1, 0.15) is 19.0 Å². The van der Waals surface area contributed by atoms with E-state index in [4.69, 9.17) is 0 Å². The molecule has 0 aliphatic rings. The summed E-state index contributed by atoms with van der Waals surface area (Å²) in [6.07, 6.45) is 3.16. The van der Waals surface area contributed by atoms with E-state index in [2.05, 4.69) is 27.5 Å². The maximum atomic E-state index is 11.8. The zero-order valence-electron chi connectivity index (χ0n) is 12.9. The van der Waals surface area contributed by atoms with E-state index in [1.54, 1.807) is 6.20 Å². The van der Waals surface area contributed by atoms with Gasteiger partial charge in [-0.3, -0.25) is 9.78 Å². The van der Waals surface area contributed by atoms with Crippen LogP contribution in [0.25, 0.3) is 10.7 Å². The summed E-state index contributed by atoms with van der Waals surface area (Å²) in [5.74, 6) is 0.00571. The number of aromatic nitrogens is 2. The van der Waals surface area contributed by atoms with Crippen molar-refractivity contribution in [3.63, 3.8) is 0 Å². The number of amides is 1. The highest BCUT2D eigenvalue weighted by atomic mass is 35.5. The molecule has 0 bridgehead atoms. The molecule has 2 heterocycles. The molecule has 2 N–H and O–H groups in total. The molecule has 2 aromatic heterocycles. The Kier molecular flexibility index (Phi) is 11.6. The molecule has 2 aromatic rings. The lowest BCUT2D eigenvalue weighted by Crippen LogP contribution is -2.33. The van der Waals surface area contributed by atoms with E-state index >= 15 is 0 Å². The molecule has 0 aromatic carbocycles. The monoisotopic (exact) mass is 376 g/mol. The molecule has 0 aliphatic carbocycles. The van der Waals surface area contributed by atoms with Crippen molar-refractivity contribution in [1.82, 2.24) is 20.6 Å². The van der Waals surface area contributed by atoms with Crippen molar-refractivity contribution in [3.05, 3.63) is 35.5 Å². The van der Waals surface area contributed by atoms with E-state index in [1.807, 2.05) is 23.6 Å². The summed E-state index contributed by atoms with van der Waals surface area (Å²) in [6, 6.07) is 5.72. The average Bonchev–Trinajstić information content (AvgIpc) is 2.96. The molecular formula is C15H22Cl2N4OS. The number of hydrogen-bond donors (Lipinski definition) is 2. The minimum Gasteiger partial charge on any atom is -0.354 e. The summed E-state index contributed by atoms with van der Waals surface area (Å²) in [5.41, 5.74) is 1.64. The molecule has 0 saturated heterocycles. The maximum absolute atomic E-state index is 11.8. The number of thiazole rings is 1. The summed E-state index contributed by atoms with van der Waals surface area (Å²) in [7, 11) is 0. The molecule has 0 aliphatic heterocycles. The molecule has 8 heteroatoms. The number of hydrogen-bond acceptors (Lipinski definition) is 5. The normalized spacial score (nSPS) is 9.61. The van der Waals surface area contributed by atoms with Crippen LogP contribution < -0.4 is 10.6 Å². The van der Waals surface area contributed by atoms with Crippen molar-refractivity contribution in [1.29, 1.82) is 0 Å². The van der Waals surface area contributed by atoms with E-state index in [0.717, 1.165) is 35.9 Å². The van der Waals surface area contributed by atoms with Gasteiger partial charge < -0.3 is 10.6 Å². The Labute approximate surface area is 153 Å². The van der Waals surface area contributed by atoms with Gasteiger partial charge >= 0.3 is 0 Å². The van der Waals surface area contributed by atoms with Crippen LogP contribution in [0.2, 0.25) is 0 Å². The van der Waals surface area contributed by atoms with Gasteiger partial charge in [-0.1, -0.05) is 13.0 Å². The Morgan fingerprint density at radius 2 is 2.04 bits per heavy atom. The van der Waals surface area contributed by atoms with E-state index in [-0.39, 0.29) is 30.7 Å².